The molecule has 4 nitrogen and oxygen atoms in total. The minimum Gasteiger partial charge on any atom is -0.381 e. The zero-order chi connectivity index (χ0) is 5.70. The summed E-state index contributed by atoms with van der Waals surface area (Å²) in [6, 6.07) is 1.28. The van der Waals surface area contributed by atoms with E-state index < -0.39 is 6.29 Å². The summed E-state index contributed by atoms with van der Waals surface area (Å²) in [7, 11) is 0. The molecule has 36 valence electrons. The summed E-state index contributed by atoms with van der Waals surface area (Å²) in [5, 5.41) is 23.3. The van der Waals surface area contributed by atoms with Crippen LogP contribution >= 0.6 is 0 Å². The van der Waals surface area contributed by atoms with E-state index >= 15 is 0 Å². The Balaban J connectivity index is 3.27. The Morgan fingerprint density at radius 1 is 1.57 bits per heavy atom. The molecule has 7 heavy (non-hydrogen) atoms. The summed E-state index contributed by atoms with van der Waals surface area (Å²) in [6.07, 6.45) is -0.461. The highest BCUT2D eigenvalue weighted by molar-refractivity contribution is 4.75. The highest BCUT2D eigenvalue weighted by atomic mass is 16.6. The number of hydrogen-bond donors (Lipinski definition) is 1. The van der Waals surface area contributed by atoms with Gasteiger partial charge in [0.25, 0.3) is 12.5 Å². The molecule has 0 amide bonds. The third-order valence-corrected chi connectivity index (χ3v) is 0.275. The maximum Gasteiger partial charge on any atom is 0.299 e. The first-order valence-corrected chi connectivity index (χ1v) is 1.43. The van der Waals surface area contributed by atoms with E-state index in [1.807, 2.05) is 0 Å². The largest absolute Gasteiger partial charge is 0.381 e. The maximum absolute atomic E-state index is 8.05. The van der Waals surface area contributed by atoms with Crippen molar-refractivity contribution in [3.63, 3.8) is 0 Å². The molecule has 0 fully saturated rings. The first-order chi connectivity index (χ1) is 3.31. The van der Waals surface area contributed by atoms with Gasteiger partial charge in [-0.3, -0.25) is 0 Å². The summed E-state index contributed by atoms with van der Waals surface area (Å²) in [6.45, 7) is 0. The molecule has 0 aliphatic rings. The Morgan fingerprint density at radius 3 is 2.29 bits per heavy atom. The normalized spacial score (nSPS) is 10.7. The van der Waals surface area contributed by atoms with Gasteiger partial charge >= 0.3 is 0 Å². The second-order valence-electron chi connectivity index (χ2n) is 0.691. The molecule has 0 aromatic heterocycles. The number of aliphatic hydroxyl groups is 1. The van der Waals surface area contributed by atoms with Crippen molar-refractivity contribution >= 4 is 0 Å². The van der Waals surface area contributed by atoms with Crippen LogP contribution < -0.4 is 0 Å². The van der Waals surface area contributed by atoms with Crippen LogP contribution in [0.4, 0.5) is 0 Å². The van der Waals surface area contributed by atoms with Crippen LogP contribution in [0, 0.1) is 22.8 Å². The SMILES string of the molecule is N#COC(O)C#N. The maximum atomic E-state index is 8.05. The van der Waals surface area contributed by atoms with Gasteiger partial charge < -0.3 is 9.84 Å². The van der Waals surface area contributed by atoms with Gasteiger partial charge in [0.05, 0.1) is 0 Å². The molecule has 0 spiro atoms. The van der Waals surface area contributed by atoms with E-state index in [0.717, 1.165) is 6.26 Å². The van der Waals surface area contributed by atoms with Gasteiger partial charge in [0.15, 0.2) is 0 Å². The molecule has 0 radical (unpaired) electrons. The predicted molar refractivity (Wildman–Crippen MR) is 18.3 cm³/mol. The van der Waals surface area contributed by atoms with Gasteiger partial charge in [-0.15, -0.1) is 0 Å². The van der Waals surface area contributed by atoms with Gasteiger partial charge in [0, 0.05) is 0 Å². The molecule has 0 rings (SSSR count). The van der Waals surface area contributed by atoms with Crippen LogP contribution in [0.5, 0.6) is 0 Å². The third kappa shape index (κ3) is 2.54. The smallest absolute Gasteiger partial charge is 0.299 e. The topological polar surface area (TPSA) is 77.0 Å². The zero-order valence-electron chi connectivity index (χ0n) is 3.33. The first-order valence-electron chi connectivity index (χ1n) is 1.43. The van der Waals surface area contributed by atoms with Crippen LogP contribution in [0.15, 0.2) is 0 Å². The predicted octanol–water partition coefficient (Wildman–Crippen LogP) is -0.674. The van der Waals surface area contributed by atoms with Gasteiger partial charge in [-0.1, -0.05) is 0 Å². The van der Waals surface area contributed by atoms with Crippen molar-refractivity contribution in [1.82, 2.24) is 0 Å². The Kier molecular flexibility index (Phi) is 2.42. The number of hydrogen-bond acceptors (Lipinski definition) is 4. The molecule has 0 saturated carbocycles. The molecule has 1 unspecified atom stereocenters. The highest BCUT2D eigenvalue weighted by Gasteiger charge is 1.95. The van der Waals surface area contributed by atoms with E-state index in [4.69, 9.17) is 15.6 Å². The minimum absolute atomic E-state index is 1.15. The van der Waals surface area contributed by atoms with E-state index in [1.54, 1.807) is 0 Å². The summed E-state index contributed by atoms with van der Waals surface area (Å²) in [5.41, 5.74) is 0. The molecule has 4 heteroatoms. The number of ether oxygens (including phenoxy) is 1. The van der Waals surface area contributed by atoms with Crippen molar-refractivity contribution in [2.75, 3.05) is 0 Å². The summed E-state index contributed by atoms with van der Waals surface area (Å²) >= 11 is 0. The highest BCUT2D eigenvalue weighted by Crippen LogP contribution is 1.76. The van der Waals surface area contributed by atoms with Gasteiger partial charge in [0.1, 0.15) is 6.07 Å². The van der Waals surface area contributed by atoms with Gasteiger partial charge in [-0.2, -0.15) is 10.5 Å². The molecule has 0 bridgehead atoms. The molecule has 0 aromatic rings. The van der Waals surface area contributed by atoms with Crippen molar-refractivity contribution < 1.29 is 9.84 Å². The average molecular weight is 98.1 g/mol. The Labute approximate surface area is 40.2 Å². The van der Waals surface area contributed by atoms with Gasteiger partial charge in [-0.05, 0) is 0 Å². The van der Waals surface area contributed by atoms with Crippen LogP contribution in [0.2, 0.25) is 0 Å². The molecule has 0 heterocycles. The number of rotatable bonds is 1. The molecule has 0 aromatic carbocycles. The molecule has 0 aliphatic heterocycles. The number of nitriles is 2. The summed E-state index contributed by atoms with van der Waals surface area (Å²) in [4.78, 5) is 0. The molecule has 1 N–H and O–H groups in total. The quantitative estimate of drug-likeness (QED) is 0.268. The second kappa shape index (κ2) is 2.95. The van der Waals surface area contributed by atoms with Crippen LogP contribution in [0.3, 0.4) is 0 Å². The second-order valence-corrected chi connectivity index (χ2v) is 0.691. The van der Waals surface area contributed by atoms with Crippen molar-refractivity contribution in [3.05, 3.63) is 0 Å². The van der Waals surface area contributed by atoms with Crippen LogP contribution in [0.1, 0.15) is 0 Å². The fraction of sp³-hybridized carbons (Fsp3) is 0.333. The minimum atomic E-state index is -1.61. The van der Waals surface area contributed by atoms with E-state index in [1.165, 1.54) is 6.07 Å². The molecule has 0 saturated heterocycles. The number of nitrogens with zero attached hydrogens (tertiary/aromatic N) is 2. The molecule has 1 atom stereocenters. The lowest BCUT2D eigenvalue weighted by molar-refractivity contribution is 0.00539. The lowest BCUT2D eigenvalue weighted by atomic mass is 10.7. The fourth-order valence-corrected chi connectivity index (χ4v) is 0.0763. The van der Waals surface area contributed by atoms with Gasteiger partial charge in [-0.25, -0.2) is 0 Å². The molecular formula is C3H2N2O2. The van der Waals surface area contributed by atoms with E-state index in [2.05, 4.69) is 4.74 Å². The third-order valence-electron chi connectivity index (χ3n) is 0.275. The van der Waals surface area contributed by atoms with Crippen LogP contribution in [-0.4, -0.2) is 11.4 Å². The Morgan fingerprint density at radius 2 is 2.14 bits per heavy atom. The van der Waals surface area contributed by atoms with Crippen molar-refractivity contribution in [2.45, 2.75) is 6.29 Å². The average Bonchev–Trinajstić information content (AvgIpc) is 1.68. The zero-order valence-corrected chi connectivity index (χ0v) is 3.33. The van der Waals surface area contributed by atoms with E-state index in [9.17, 15) is 0 Å². The molecule has 0 aliphatic carbocycles. The number of aliphatic hydroxyl groups excluding tert-OH is 1. The van der Waals surface area contributed by atoms with Gasteiger partial charge in [0.2, 0.25) is 0 Å². The van der Waals surface area contributed by atoms with E-state index in [0.29, 0.717) is 0 Å². The molecular weight excluding hydrogens is 96.0 g/mol. The lowest BCUT2D eigenvalue weighted by Gasteiger charge is -1.89. The van der Waals surface area contributed by atoms with Crippen LogP contribution in [0.25, 0.3) is 0 Å². The van der Waals surface area contributed by atoms with Crippen molar-refractivity contribution in [1.29, 1.82) is 10.5 Å². The lowest BCUT2D eigenvalue weighted by Crippen LogP contribution is -2.02. The monoisotopic (exact) mass is 98.0 g/mol. The Bertz CT molecular complexity index is 120. The van der Waals surface area contributed by atoms with Crippen molar-refractivity contribution in [2.24, 2.45) is 0 Å². The van der Waals surface area contributed by atoms with Crippen LogP contribution in [-0.2, 0) is 4.74 Å². The van der Waals surface area contributed by atoms with Crippen molar-refractivity contribution in [3.8, 4) is 12.3 Å². The Hall–Kier alpha value is -1.26. The standard InChI is InChI=1S/C3H2N2O2/c4-1-3(6)7-2-5/h3,6H. The summed E-state index contributed by atoms with van der Waals surface area (Å²) in [5.74, 6) is 0. The van der Waals surface area contributed by atoms with E-state index in [-0.39, 0.29) is 0 Å². The fourth-order valence-electron chi connectivity index (χ4n) is 0.0763. The first kappa shape index (κ1) is 5.74. The summed E-state index contributed by atoms with van der Waals surface area (Å²) < 4.78 is 3.69.